The van der Waals surface area contributed by atoms with Crippen LogP contribution in [0.2, 0.25) is 0 Å². The molecule has 1 aliphatic heterocycles. The number of fused-ring (bicyclic) bond motifs is 1. The molecule has 0 saturated carbocycles. The summed E-state index contributed by atoms with van der Waals surface area (Å²) in [6.07, 6.45) is 3.68. The lowest BCUT2D eigenvalue weighted by atomic mass is 10.1. The van der Waals surface area contributed by atoms with Gasteiger partial charge in [-0.25, -0.2) is 4.98 Å². The third kappa shape index (κ3) is 1.26. The minimum absolute atomic E-state index is 0.548. The molecule has 0 saturated heterocycles. The summed E-state index contributed by atoms with van der Waals surface area (Å²) in [4.78, 5) is 4.11. The lowest BCUT2D eigenvalue weighted by molar-refractivity contribution is 0.769. The molecular formula is C9H10N4. The molecule has 0 unspecified atom stereocenters. The van der Waals surface area contributed by atoms with Crippen molar-refractivity contribution in [3.05, 3.63) is 35.1 Å². The molecule has 4 heteroatoms. The maximum Gasteiger partial charge on any atom is 0.179 e. The van der Waals surface area contributed by atoms with Gasteiger partial charge in [-0.1, -0.05) is 12.7 Å². The fourth-order valence-corrected chi connectivity index (χ4v) is 1.30. The molecule has 3 N–H and O–H groups in total. The molecular weight excluding hydrogens is 164 g/mol. The smallest absolute Gasteiger partial charge is 0.179 e. The minimum atomic E-state index is 0.548. The summed E-state index contributed by atoms with van der Waals surface area (Å²) in [6.45, 7) is 4.41. The van der Waals surface area contributed by atoms with E-state index in [4.69, 9.17) is 5.73 Å². The molecule has 1 aliphatic rings. The van der Waals surface area contributed by atoms with Crippen LogP contribution in [0.3, 0.4) is 0 Å². The highest BCUT2D eigenvalue weighted by Gasteiger charge is 2.01. The number of aromatic nitrogens is 1. The van der Waals surface area contributed by atoms with Gasteiger partial charge in [0.25, 0.3) is 0 Å². The molecule has 0 fully saturated rings. The number of nitrogens with zero attached hydrogens (tertiary/aromatic N) is 2. The van der Waals surface area contributed by atoms with Gasteiger partial charge in [0.05, 0.1) is 6.54 Å². The zero-order valence-electron chi connectivity index (χ0n) is 7.12. The Morgan fingerprint density at radius 2 is 2.46 bits per heavy atom. The first-order valence-electron chi connectivity index (χ1n) is 3.99. The average molecular weight is 174 g/mol. The Balaban J connectivity index is 2.81. The van der Waals surface area contributed by atoms with Gasteiger partial charge in [-0.15, -0.1) is 0 Å². The topological polar surface area (TPSA) is 63.3 Å². The van der Waals surface area contributed by atoms with Crippen molar-refractivity contribution in [1.82, 2.24) is 10.4 Å². The number of nitrogens with one attached hydrogen (secondary N) is 1. The maximum absolute atomic E-state index is 5.63. The quantitative estimate of drug-likeness (QED) is 0.570. The van der Waals surface area contributed by atoms with Crippen molar-refractivity contribution in [3.8, 4) is 0 Å². The molecule has 4 nitrogen and oxygen atoms in total. The summed E-state index contributed by atoms with van der Waals surface area (Å²) in [5.41, 5.74) is 10.6. The predicted octanol–water partition coefficient (Wildman–Crippen LogP) is -1.07. The van der Waals surface area contributed by atoms with E-state index in [0.717, 1.165) is 10.8 Å². The van der Waals surface area contributed by atoms with Crippen LogP contribution in [0.25, 0.3) is 11.8 Å². The molecule has 0 aromatic carbocycles. The van der Waals surface area contributed by atoms with Crippen LogP contribution in [0.5, 0.6) is 0 Å². The minimum Gasteiger partial charge on any atom is -0.399 e. The SMILES string of the molecule is C=C(N)c1ccnc2c1=CCNN=2. The monoisotopic (exact) mass is 174 g/mol. The highest BCUT2D eigenvalue weighted by Crippen LogP contribution is 1.96. The van der Waals surface area contributed by atoms with Crippen LogP contribution in [-0.4, -0.2) is 11.5 Å². The zero-order valence-corrected chi connectivity index (χ0v) is 7.12. The summed E-state index contributed by atoms with van der Waals surface area (Å²) in [5, 5.41) is 5.01. The highest BCUT2D eigenvalue weighted by atomic mass is 15.3. The van der Waals surface area contributed by atoms with Crippen molar-refractivity contribution in [2.45, 2.75) is 0 Å². The first-order valence-corrected chi connectivity index (χ1v) is 3.99. The van der Waals surface area contributed by atoms with Crippen LogP contribution in [0.1, 0.15) is 5.56 Å². The lowest BCUT2D eigenvalue weighted by Gasteiger charge is -2.05. The molecule has 1 aromatic rings. The molecule has 0 amide bonds. The van der Waals surface area contributed by atoms with Crippen molar-refractivity contribution in [3.63, 3.8) is 0 Å². The Bertz CT molecular complexity index is 461. The Morgan fingerprint density at radius 1 is 1.62 bits per heavy atom. The van der Waals surface area contributed by atoms with Crippen LogP contribution >= 0.6 is 0 Å². The van der Waals surface area contributed by atoms with Gasteiger partial charge in [0.1, 0.15) is 0 Å². The van der Waals surface area contributed by atoms with Crippen LogP contribution < -0.4 is 21.9 Å². The fraction of sp³-hybridized carbons (Fsp3) is 0.111. The van der Waals surface area contributed by atoms with Crippen LogP contribution in [-0.2, 0) is 0 Å². The fourth-order valence-electron chi connectivity index (χ4n) is 1.30. The summed E-state index contributed by atoms with van der Waals surface area (Å²) < 4.78 is 0. The molecule has 0 radical (unpaired) electrons. The number of pyridine rings is 1. The lowest BCUT2D eigenvalue weighted by Crippen LogP contribution is -2.38. The van der Waals surface area contributed by atoms with E-state index in [2.05, 4.69) is 22.1 Å². The largest absolute Gasteiger partial charge is 0.399 e. The van der Waals surface area contributed by atoms with Gasteiger partial charge >= 0.3 is 0 Å². The Labute approximate surface area is 75.5 Å². The second kappa shape index (κ2) is 2.90. The van der Waals surface area contributed by atoms with Crippen LogP contribution in [0.4, 0.5) is 0 Å². The third-order valence-corrected chi connectivity index (χ3v) is 1.90. The van der Waals surface area contributed by atoms with E-state index < -0.39 is 0 Å². The van der Waals surface area contributed by atoms with Gasteiger partial charge in [0.2, 0.25) is 0 Å². The normalized spacial score (nSPS) is 13.2. The number of rotatable bonds is 1. The van der Waals surface area contributed by atoms with Gasteiger partial charge in [-0.3, -0.25) is 0 Å². The van der Waals surface area contributed by atoms with Gasteiger partial charge in [-0.2, -0.15) is 5.10 Å². The molecule has 0 aliphatic carbocycles. The Hall–Kier alpha value is -1.84. The van der Waals surface area contributed by atoms with Crippen molar-refractivity contribution < 1.29 is 0 Å². The maximum atomic E-state index is 5.63. The van der Waals surface area contributed by atoms with E-state index in [9.17, 15) is 0 Å². The van der Waals surface area contributed by atoms with Crippen molar-refractivity contribution >= 4 is 11.8 Å². The number of hydrogen-bond donors (Lipinski definition) is 2. The Morgan fingerprint density at radius 3 is 3.23 bits per heavy atom. The summed E-state index contributed by atoms with van der Waals surface area (Å²) in [6, 6.07) is 1.85. The van der Waals surface area contributed by atoms with E-state index in [1.807, 2.05) is 12.1 Å². The van der Waals surface area contributed by atoms with E-state index in [1.54, 1.807) is 6.20 Å². The van der Waals surface area contributed by atoms with E-state index >= 15 is 0 Å². The summed E-state index contributed by atoms with van der Waals surface area (Å²) in [7, 11) is 0. The predicted molar refractivity (Wildman–Crippen MR) is 50.7 cm³/mol. The first-order chi connectivity index (χ1) is 6.29. The highest BCUT2D eigenvalue weighted by molar-refractivity contribution is 5.61. The number of nitrogens with two attached hydrogens (primary N) is 1. The van der Waals surface area contributed by atoms with Gasteiger partial charge in [0.15, 0.2) is 5.49 Å². The summed E-state index contributed by atoms with van der Waals surface area (Å²) in [5.74, 6) is 0. The van der Waals surface area contributed by atoms with E-state index in [1.165, 1.54) is 0 Å². The molecule has 0 atom stereocenters. The van der Waals surface area contributed by atoms with Crippen LogP contribution in [0.15, 0.2) is 23.9 Å². The molecule has 0 bridgehead atoms. The number of hydrogen-bond acceptors (Lipinski definition) is 4. The second-order valence-electron chi connectivity index (χ2n) is 2.80. The van der Waals surface area contributed by atoms with Crippen molar-refractivity contribution in [1.29, 1.82) is 0 Å². The Kier molecular flexibility index (Phi) is 1.73. The molecule has 2 heterocycles. The van der Waals surface area contributed by atoms with Gasteiger partial charge < -0.3 is 11.2 Å². The second-order valence-corrected chi connectivity index (χ2v) is 2.80. The summed E-state index contributed by atoms with van der Waals surface area (Å²) >= 11 is 0. The van der Waals surface area contributed by atoms with Crippen LogP contribution in [0, 0.1) is 0 Å². The molecule has 13 heavy (non-hydrogen) atoms. The molecule has 0 spiro atoms. The molecule has 1 aromatic heterocycles. The van der Waals surface area contributed by atoms with Crippen molar-refractivity contribution in [2.24, 2.45) is 10.8 Å². The molecule has 2 rings (SSSR count). The van der Waals surface area contributed by atoms with E-state index in [0.29, 0.717) is 17.7 Å². The molecule has 66 valence electrons. The standard InChI is InChI=1S/C9H10N4/c1-6(10)7-2-4-11-9-8(7)3-5-12-13-9/h2-4,12H,1,5,10H2. The third-order valence-electron chi connectivity index (χ3n) is 1.90. The average Bonchev–Trinajstić information content (AvgIpc) is 2.17. The van der Waals surface area contributed by atoms with Gasteiger partial charge in [-0.05, 0) is 6.07 Å². The van der Waals surface area contributed by atoms with Crippen molar-refractivity contribution in [2.75, 3.05) is 6.54 Å². The zero-order chi connectivity index (χ0) is 9.26. The first kappa shape index (κ1) is 7.79. The van der Waals surface area contributed by atoms with E-state index in [-0.39, 0.29) is 0 Å². The van der Waals surface area contributed by atoms with Gasteiger partial charge in [0, 0.05) is 22.7 Å².